The molecule has 0 aliphatic carbocycles. The summed E-state index contributed by atoms with van der Waals surface area (Å²) < 4.78 is 5.34. The lowest BCUT2D eigenvalue weighted by Gasteiger charge is -2.37. The summed E-state index contributed by atoms with van der Waals surface area (Å²) in [5.74, 6) is -1.59. The highest BCUT2D eigenvalue weighted by Crippen LogP contribution is 2.21. The number of halogens is 1. The lowest BCUT2D eigenvalue weighted by molar-refractivity contribution is -0.144. The Hall–Kier alpha value is -1.79. The summed E-state index contributed by atoms with van der Waals surface area (Å²) in [5.41, 5.74) is 0.433. The van der Waals surface area contributed by atoms with E-state index in [2.05, 4.69) is 5.32 Å². The molecule has 2 unspecified atom stereocenters. The Morgan fingerprint density at radius 2 is 1.96 bits per heavy atom. The summed E-state index contributed by atoms with van der Waals surface area (Å²) in [4.78, 5) is 25.3. The van der Waals surface area contributed by atoms with Crippen molar-refractivity contribution < 1.29 is 19.4 Å². The number of hydrogen-bond acceptors (Lipinski definition) is 4. The molecule has 2 atom stereocenters. The van der Waals surface area contributed by atoms with Crippen molar-refractivity contribution in [1.29, 1.82) is 0 Å². The average Bonchev–Trinajstić information content (AvgIpc) is 2.52. The van der Waals surface area contributed by atoms with E-state index in [4.69, 9.17) is 16.3 Å². The zero-order chi connectivity index (χ0) is 18.6. The predicted octanol–water partition coefficient (Wildman–Crippen LogP) is 3.14. The molecule has 1 amide bonds. The average molecular weight is 369 g/mol. The molecule has 0 saturated carbocycles. The molecule has 1 aliphatic heterocycles. The van der Waals surface area contributed by atoms with E-state index in [1.165, 1.54) is 4.90 Å². The normalized spacial score (nSPS) is 21.0. The van der Waals surface area contributed by atoms with Gasteiger partial charge in [-0.3, -0.25) is 4.79 Å². The Bertz CT molecular complexity index is 612. The number of carboxylic acid groups (broad SMARTS) is 1. The first-order valence-electron chi connectivity index (χ1n) is 8.34. The number of rotatable bonds is 4. The van der Waals surface area contributed by atoms with Crippen molar-refractivity contribution in [1.82, 2.24) is 10.2 Å². The molecule has 0 bridgehead atoms. The Kier molecular flexibility index (Phi) is 6.30. The maximum absolute atomic E-state index is 12.2. The minimum atomic E-state index is -0.915. The van der Waals surface area contributed by atoms with Crippen LogP contribution in [-0.4, -0.2) is 46.8 Å². The first-order chi connectivity index (χ1) is 11.7. The number of hydrogen-bond donors (Lipinski definition) is 2. The summed E-state index contributed by atoms with van der Waals surface area (Å²) >= 11 is 5.87. The Labute approximate surface area is 153 Å². The number of benzene rings is 1. The molecule has 1 aromatic rings. The SMILES string of the molecule is CC(C)(C)OC(=O)N1CCC(NCc2ccc(Cl)cc2)C(C(=O)O)C1. The van der Waals surface area contributed by atoms with E-state index in [-0.39, 0.29) is 12.6 Å². The number of amides is 1. The molecule has 6 nitrogen and oxygen atoms in total. The van der Waals surface area contributed by atoms with Crippen molar-refractivity contribution in [2.24, 2.45) is 5.92 Å². The van der Waals surface area contributed by atoms with Crippen molar-refractivity contribution in [2.45, 2.75) is 45.4 Å². The zero-order valence-electron chi connectivity index (χ0n) is 14.8. The van der Waals surface area contributed by atoms with Crippen LogP contribution < -0.4 is 5.32 Å². The molecular weight excluding hydrogens is 344 g/mol. The van der Waals surface area contributed by atoms with Gasteiger partial charge in [-0.1, -0.05) is 23.7 Å². The molecule has 2 rings (SSSR count). The van der Waals surface area contributed by atoms with Crippen molar-refractivity contribution in [3.63, 3.8) is 0 Å². The fraction of sp³-hybridized carbons (Fsp3) is 0.556. The third-order valence-electron chi connectivity index (χ3n) is 4.06. The standard InChI is InChI=1S/C18H25ClN2O4/c1-18(2,3)25-17(24)21-9-8-15(14(11-21)16(22)23)20-10-12-4-6-13(19)7-5-12/h4-7,14-15,20H,8-11H2,1-3H3,(H,22,23). The highest BCUT2D eigenvalue weighted by molar-refractivity contribution is 6.30. The molecule has 0 radical (unpaired) electrons. The van der Waals surface area contributed by atoms with Gasteiger partial charge in [0.1, 0.15) is 5.60 Å². The van der Waals surface area contributed by atoms with Crippen molar-refractivity contribution in [2.75, 3.05) is 13.1 Å². The van der Waals surface area contributed by atoms with Gasteiger partial charge in [0, 0.05) is 30.7 Å². The maximum Gasteiger partial charge on any atom is 0.410 e. The molecule has 0 aromatic heterocycles. The number of likely N-dealkylation sites (tertiary alicyclic amines) is 1. The Morgan fingerprint density at radius 1 is 1.32 bits per heavy atom. The summed E-state index contributed by atoms with van der Waals surface area (Å²) in [6, 6.07) is 7.21. The largest absolute Gasteiger partial charge is 0.481 e. The van der Waals surface area contributed by atoms with Crippen LogP contribution in [0.3, 0.4) is 0 Å². The number of carbonyl (C=O) groups excluding carboxylic acids is 1. The lowest BCUT2D eigenvalue weighted by atomic mass is 9.92. The van der Waals surface area contributed by atoms with Crippen LogP contribution in [0.1, 0.15) is 32.8 Å². The van der Waals surface area contributed by atoms with Crippen molar-refractivity contribution in [3.8, 4) is 0 Å². The second-order valence-electron chi connectivity index (χ2n) is 7.27. The van der Waals surface area contributed by atoms with E-state index in [0.29, 0.717) is 24.5 Å². The fourth-order valence-corrected chi connectivity index (χ4v) is 2.92. The van der Waals surface area contributed by atoms with Gasteiger partial charge in [0.2, 0.25) is 0 Å². The topological polar surface area (TPSA) is 78.9 Å². The van der Waals surface area contributed by atoms with Crippen LogP contribution in [0.2, 0.25) is 5.02 Å². The van der Waals surface area contributed by atoms with Gasteiger partial charge in [0.15, 0.2) is 0 Å². The molecule has 1 fully saturated rings. The van der Waals surface area contributed by atoms with Crippen LogP contribution in [0, 0.1) is 5.92 Å². The van der Waals surface area contributed by atoms with Gasteiger partial charge < -0.3 is 20.1 Å². The van der Waals surface area contributed by atoms with Gasteiger partial charge in [0.25, 0.3) is 0 Å². The first-order valence-corrected chi connectivity index (χ1v) is 8.72. The van der Waals surface area contributed by atoms with Gasteiger partial charge in [-0.25, -0.2) is 4.79 Å². The van der Waals surface area contributed by atoms with Crippen LogP contribution >= 0.6 is 11.6 Å². The monoisotopic (exact) mass is 368 g/mol. The molecular formula is C18H25ClN2O4. The number of carbonyl (C=O) groups is 2. The number of ether oxygens (including phenoxy) is 1. The molecule has 25 heavy (non-hydrogen) atoms. The van der Waals surface area contributed by atoms with Gasteiger partial charge in [-0.15, -0.1) is 0 Å². The lowest BCUT2D eigenvalue weighted by Crippen LogP contribution is -2.54. The molecule has 0 spiro atoms. The number of aliphatic carboxylic acids is 1. The van der Waals surface area contributed by atoms with Crippen molar-refractivity contribution >= 4 is 23.7 Å². The molecule has 1 saturated heterocycles. The summed E-state index contributed by atoms with van der Waals surface area (Å²) in [5, 5.41) is 13.5. The van der Waals surface area contributed by atoms with Gasteiger partial charge in [0.05, 0.1) is 5.92 Å². The number of piperidine rings is 1. The van der Waals surface area contributed by atoms with E-state index in [9.17, 15) is 14.7 Å². The van der Waals surface area contributed by atoms with Gasteiger partial charge in [-0.05, 0) is 44.9 Å². The summed E-state index contributed by atoms with van der Waals surface area (Å²) in [7, 11) is 0. The second kappa shape index (κ2) is 8.06. The maximum atomic E-state index is 12.2. The quantitative estimate of drug-likeness (QED) is 0.853. The van der Waals surface area contributed by atoms with Crippen LogP contribution in [0.4, 0.5) is 4.79 Å². The van der Waals surface area contributed by atoms with E-state index in [0.717, 1.165) is 5.56 Å². The van der Waals surface area contributed by atoms with E-state index in [1.54, 1.807) is 32.9 Å². The smallest absolute Gasteiger partial charge is 0.410 e. The first kappa shape index (κ1) is 19.5. The van der Waals surface area contributed by atoms with Gasteiger partial charge >= 0.3 is 12.1 Å². The van der Waals surface area contributed by atoms with Crippen molar-refractivity contribution in [3.05, 3.63) is 34.9 Å². The molecule has 138 valence electrons. The third-order valence-corrected chi connectivity index (χ3v) is 4.32. The highest BCUT2D eigenvalue weighted by Gasteiger charge is 2.37. The van der Waals surface area contributed by atoms with Crippen LogP contribution in [0.25, 0.3) is 0 Å². The second-order valence-corrected chi connectivity index (χ2v) is 7.71. The van der Waals surface area contributed by atoms with Crippen LogP contribution in [0.5, 0.6) is 0 Å². The number of nitrogens with zero attached hydrogens (tertiary/aromatic N) is 1. The van der Waals surface area contributed by atoms with Gasteiger partial charge in [-0.2, -0.15) is 0 Å². The van der Waals surface area contributed by atoms with E-state index < -0.39 is 23.6 Å². The summed E-state index contributed by atoms with van der Waals surface area (Å²) in [6.45, 7) is 6.54. The molecule has 1 aliphatic rings. The number of nitrogens with one attached hydrogen (secondary N) is 1. The van der Waals surface area contributed by atoms with E-state index in [1.807, 2.05) is 12.1 Å². The highest BCUT2D eigenvalue weighted by atomic mass is 35.5. The fourth-order valence-electron chi connectivity index (χ4n) is 2.79. The third kappa shape index (κ3) is 5.90. The van der Waals surface area contributed by atoms with E-state index >= 15 is 0 Å². The predicted molar refractivity (Wildman–Crippen MR) is 95.6 cm³/mol. The Balaban J connectivity index is 1.96. The molecule has 7 heteroatoms. The zero-order valence-corrected chi connectivity index (χ0v) is 15.5. The summed E-state index contributed by atoms with van der Waals surface area (Å²) in [6.07, 6.45) is 0.0963. The van der Waals surface area contributed by atoms with Crippen LogP contribution in [-0.2, 0) is 16.1 Å². The molecule has 1 aromatic carbocycles. The molecule has 2 N–H and O–H groups in total. The Morgan fingerprint density at radius 3 is 2.52 bits per heavy atom. The molecule has 1 heterocycles. The minimum absolute atomic E-state index is 0.141. The minimum Gasteiger partial charge on any atom is -0.481 e. The number of carboxylic acids is 1. The van der Waals surface area contributed by atoms with Crippen LogP contribution in [0.15, 0.2) is 24.3 Å².